The number of phenolic OH excluding ortho intramolecular Hbond substituents is 1. The maximum absolute atomic E-state index is 12.2. The third-order valence-electron chi connectivity index (χ3n) is 10.4. The van der Waals surface area contributed by atoms with E-state index in [-0.39, 0.29) is 29.1 Å². The second kappa shape index (κ2) is 9.83. The van der Waals surface area contributed by atoms with E-state index >= 15 is 0 Å². The van der Waals surface area contributed by atoms with Crippen LogP contribution in [0.5, 0.6) is 5.75 Å². The Morgan fingerprint density at radius 2 is 1.89 bits per heavy atom. The fourth-order valence-electron chi connectivity index (χ4n) is 8.13. The lowest BCUT2D eigenvalue weighted by atomic mass is 9.46. The highest BCUT2D eigenvalue weighted by Crippen LogP contribution is 2.67. The number of allylic oxidation sites excluding steroid dienone is 2. The smallest absolute Gasteiger partial charge is 0.260 e. The molecule has 6 atom stereocenters. The van der Waals surface area contributed by atoms with Crippen molar-refractivity contribution in [1.29, 1.82) is 0 Å². The highest BCUT2D eigenvalue weighted by molar-refractivity contribution is 5.96. The van der Waals surface area contributed by atoms with Crippen LogP contribution in [0.3, 0.4) is 0 Å². The fraction of sp³-hybridized carbons (Fsp3) is 0.613. The van der Waals surface area contributed by atoms with Gasteiger partial charge in [-0.05, 0) is 105 Å². The van der Waals surface area contributed by atoms with Crippen LogP contribution >= 0.6 is 0 Å². The number of aliphatic hydroxyl groups is 1. The van der Waals surface area contributed by atoms with Crippen LogP contribution in [0.4, 0.5) is 0 Å². The van der Waals surface area contributed by atoms with Gasteiger partial charge in [0.05, 0.1) is 5.71 Å². The van der Waals surface area contributed by atoms with Crippen molar-refractivity contribution in [3.63, 3.8) is 0 Å². The van der Waals surface area contributed by atoms with Gasteiger partial charge in [0, 0.05) is 12.0 Å². The fourth-order valence-corrected chi connectivity index (χ4v) is 8.13. The van der Waals surface area contributed by atoms with Gasteiger partial charge in [0.15, 0.2) is 6.61 Å². The maximum atomic E-state index is 12.2. The zero-order valence-electron chi connectivity index (χ0n) is 22.1. The van der Waals surface area contributed by atoms with E-state index in [9.17, 15) is 15.0 Å². The zero-order valence-corrected chi connectivity index (χ0v) is 22.1. The minimum absolute atomic E-state index is 0.0947. The third kappa shape index (κ3) is 4.56. The molecule has 0 spiro atoms. The van der Waals surface area contributed by atoms with E-state index < -0.39 is 5.60 Å². The summed E-state index contributed by atoms with van der Waals surface area (Å²) in [6.45, 7) is 5.08. The van der Waals surface area contributed by atoms with Gasteiger partial charge in [-0.25, -0.2) is 0 Å². The quantitative estimate of drug-likeness (QED) is 0.385. The number of nitrogens with zero attached hydrogens (tertiary/aromatic N) is 1. The Bertz CT molecular complexity index is 1130. The summed E-state index contributed by atoms with van der Waals surface area (Å²) in [6, 6.07) is 6.98. The molecule has 37 heavy (non-hydrogen) atoms. The van der Waals surface area contributed by atoms with Gasteiger partial charge in [0.1, 0.15) is 11.4 Å². The first-order chi connectivity index (χ1) is 17.7. The second-order valence-electron chi connectivity index (χ2n) is 12.1. The summed E-state index contributed by atoms with van der Waals surface area (Å²) >= 11 is 0. The molecule has 5 rings (SSSR count). The minimum Gasteiger partial charge on any atom is -0.508 e. The second-order valence-corrected chi connectivity index (χ2v) is 12.1. The highest BCUT2D eigenvalue weighted by atomic mass is 16.6. The molecule has 4 aliphatic rings. The number of phenols is 1. The average Bonchev–Trinajstić information content (AvgIpc) is 3.16. The summed E-state index contributed by atoms with van der Waals surface area (Å²) in [5, 5.41) is 27.7. The topological polar surface area (TPSA) is 91.2 Å². The lowest BCUT2D eigenvalue weighted by Gasteiger charge is -2.58. The van der Waals surface area contributed by atoms with Crippen molar-refractivity contribution in [3.05, 3.63) is 41.5 Å². The maximum Gasteiger partial charge on any atom is 0.260 e. The van der Waals surface area contributed by atoms with E-state index in [0.717, 1.165) is 62.6 Å². The van der Waals surface area contributed by atoms with Crippen LogP contribution < -0.4 is 5.32 Å². The summed E-state index contributed by atoms with van der Waals surface area (Å²) in [5.41, 5.74) is 2.47. The number of rotatable bonds is 6. The Morgan fingerprint density at radius 1 is 1.14 bits per heavy atom. The zero-order chi connectivity index (χ0) is 26.3. The number of nitrogens with one attached hydrogen (secondary N) is 1. The van der Waals surface area contributed by atoms with Gasteiger partial charge < -0.3 is 20.4 Å². The SMILES string of the molecule is C#C[C@@]1(O)CC[C@@H]2[C@@H]3CCC4=C/C(=N/OCC(=O)NCCc5ccc(O)cc5)CC[C@]4(C)[C@@H]3CC[C@@]21C. The number of terminal acetylenes is 1. The van der Waals surface area contributed by atoms with Crippen molar-refractivity contribution in [2.24, 2.45) is 33.7 Å². The molecule has 1 amide bonds. The molecule has 6 heteroatoms. The summed E-state index contributed by atoms with van der Waals surface area (Å²) < 4.78 is 0. The Balaban J connectivity index is 1.16. The molecule has 0 aliphatic heterocycles. The number of oxime groups is 1. The molecule has 3 saturated carbocycles. The van der Waals surface area contributed by atoms with Crippen LogP contribution in [0.1, 0.15) is 70.8 Å². The molecule has 1 aromatic carbocycles. The van der Waals surface area contributed by atoms with Crippen LogP contribution in [0.25, 0.3) is 0 Å². The molecule has 0 radical (unpaired) electrons. The largest absolute Gasteiger partial charge is 0.508 e. The average molecular weight is 505 g/mol. The number of hydrogen-bond acceptors (Lipinski definition) is 5. The van der Waals surface area contributed by atoms with Crippen molar-refractivity contribution in [2.75, 3.05) is 13.2 Å². The normalized spacial score (nSPS) is 37.5. The lowest BCUT2D eigenvalue weighted by Crippen LogP contribution is -2.54. The number of carbonyl (C=O) groups excluding carboxylic acids is 1. The van der Waals surface area contributed by atoms with E-state index in [1.807, 2.05) is 12.1 Å². The van der Waals surface area contributed by atoms with Gasteiger partial charge >= 0.3 is 0 Å². The van der Waals surface area contributed by atoms with Crippen molar-refractivity contribution >= 4 is 11.6 Å². The monoisotopic (exact) mass is 504 g/mol. The number of hydrogen-bond donors (Lipinski definition) is 3. The molecular formula is C31H40N2O4. The predicted octanol–water partition coefficient (Wildman–Crippen LogP) is 4.75. The number of benzene rings is 1. The number of amides is 1. The van der Waals surface area contributed by atoms with E-state index in [4.69, 9.17) is 11.3 Å². The Labute approximate surface area is 220 Å². The van der Waals surface area contributed by atoms with Crippen LogP contribution in [-0.4, -0.2) is 40.6 Å². The highest BCUT2D eigenvalue weighted by Gasteiger charge is 2.63. The Morgan fingerprint density at radius 3 is 2.65 bits per heavy atom. The Hall–Kier alpha value is -2.78. The first-order valence-corrected chi connectivity index (χ1v) is 13.8. The number of aromatic hydroxyl groups is 1. The summed E-state index contributed by atoms with van der Waals surface area (Å²) in [5.74, 6) is 4.55. The molecule has 0 aromatic heterocycles. The number of carbonyl (C=O) groups is 1. The number of fused-ring (bicyclic) bond motifs is 5. The summed E-state index contributed by atoms with van der Waals surface area (Å²) in [7, 11) is 0. The van der Waals surface area contributed by atoms with Crippen molar-refractivity contribution < 1.29 is 19.8 Å². The van der Waals surface area contributed by atoms with Gasteiger partial charge in [0.2, 0.25) is 0 Å². The minimum atomic E-state index is -0.957. The molecule has 0 heterocycles. The van der Waals surface area contributed by atoms with E-state index in [1.54, 1.807) is 12.1 Å². The molecule has 1 aromatic rings. The summed E-state index contributed by atoms with van der Waals surface area (Å²) in [4.78, 5) is 17.6. The van der Waals surface area contributed by atoms with Crippen LogP contribution in [0.15, 0.2) is 41.1 Å². The molecule has 198 valence electrons. The van der Waals surface area contributed by atoms with Crippen LogP contribution in [0.2, 0.25) is 0 Å². The van der Waals surface area contributed by atoms with Crippen molar-refractivity contribution in [1.82, 2.24) is 5.32 Å². The van der Waals surface area contributed by atoms with Crippen LogP contribution in [-0.2, 0) is 16.1 Å². The molecule has 4 aliphatic carbocycles. The van der Waals surface area contributed by atoms with Gasteiger partial charge in [-0.2, -0.15) is 0 Å². The first-order valence-electron chi connectivity index (χ1n) is 13.8. The van der Waals surface area contributed by atoms with Gasteiger partial charge in [0.25, 0.3) is 5.91 Å². The van der Waals surface area contributed by atoms with Gasteiger partial charge in [-0.1, -0.05) is 42.6 Å². The van der Waals surface area contributed by atoms with Crippen LogP contribution in [0, 0.1) is 40.9 Å². The summed E-state index contributed by atoms with van der Waals surface area (Å²) in [6.07, 6.45) is 16.7. The molecule has 0 saturated heterocycles. The van der Waals surface area contributed by atoms with E-state index in [1.165, 1.54) is 5.57 Å². The lowest BCUT2D eigenvalue weighted by molar-refractivity contribution is -0.125. The van der Waals surface area contributed by atoms with E-state index in [0.29, 0.717) is 30.7 Å². The predicted molar refractivity (Wildman–Crippen MR) is 144 cm³/mol. The van der Waals surface area contributed by atoms with Crippen molar-refractivity contribution in [3.8, 4) is 18.1 Å². The standard InChI is InChI=1S/C31H40N2O4/c1-4-31(36)17-13-27-25-10-7-22-19-23(11-15-29(22,2)26(25)12-16-30(27,31)3)33-37-20-28(35)32-18-14-21-5-8-24(34)9-6-21/h1,5-6,8-9,19,25-27,34,36H,7,10-18,20H2,2-3H3,(H,32,35)/b33-23+/t25-,26-,27-,29+,30+,31-/m1/s1. The van der Waals surface area contributed by atoms with Gasteiger partial charge in [-0.15, -0.1) is 6.42 Å². The molecular weight excluding hydrogens is 464 g/mol. The third-order valence-corrected chi connectivity index (χ3v) is 10.4. The van der Waals surface area contributed by atoms with E-state index in [2.05, 4.69) is 36.3 Å². The molecule has 0 bridgehead atoms. The molecule has 0 unspecified atom stereocenters. The first kappa shape index (κ1) is 25.9. The Kier molecular flexibility index (Phi) is 6.87. The molecule has 3 N–H and O–H groups in total. The molecule has 3 fully saturated rings. The van der Waals surface area contributed by atoms with Crippen molar-refractivity contribution in [2.45, 2.75) is 77.2 Å². The van der Waals surface area contributed by atoms with Gasteiger partial charge in [-0.3, -0.25) is 4.79 Å². The molecule has 6 nitrogen and oxygen atoms in total.